The molecule has 1 unspecified atom stereocenters. The summed E-state index contributed by atoms with van der Waals surface area (Å²) in [5.41, 5.74) is 2.34. The second kappa shape index (κ2) is 8.16. The minimum atomic E-state index is -0.339. The van der Waals surface area contributed by atoms with Crippen LogP contribution in [0.2, 0.25) is 5.02 Å². The van der Waals surface area contributed by atoms with E-state index in [9.17, 15) is 10.1 Å². The van der Waals surface area contributed by atoms with E-state index in [4.69, 9.17) is 16.3 Å². The highest BCUT2D eigenvalue weighted by Crippen LogP contribution is 2.25. The summed E-state index contributed by atoms with van der Waals surface area (Å²) in [5, 5.41) is 11.3. The van der Waals surface area contributed by atoms with E-state index in [2.05, 4.69) is 16.0 Å². The minimum absolute atomic E-state index is 0.0325. The Balaban J connectivity index is 1.43. The summed E-state index contributed by atoms with van der Waals surface area (Å²) in [4.78, 5) is 20.0. The fraction of sp³-hybridized carbons (Fsp3) is 0.273. The molecule has 148 valence electrons. The van der Waals surface area contributed by atoms with Crippen LogP contribution in [-0.4, -0.2) is 54.0 Å². The third-order valence-corrected chi connectivity index (χ3v) is 5.57. The van der Waals surface area contributed by atoms with E-state index < -0.39 is 0 Å². The van der Waals surface area contributed by atoms with Gasteiger partial charge in [-0.25, -0.2) is 0 Å². The maximum Gasteiger partial charge on any atom is 0.270 e. The van der Waals surface area contributed by atoms with Gasteiger partial charge in [0.2, 0.25) is 0 Å². The van der Waals surface area contributed by atoms with Gasteiger partial charge in [0.25, 0.3) is 5.91 Å². The lowest BCUT2D eigenvalue weighted by atomic mass is 10.1. The van der Waals surface area contributed by atoms with Crippen LogP contribution in [0.3, 0.4) is 0 Å². The Morgan fingerprint density at radius 1 is 1.14 bits per heavy atom. The molecule has 29 heavy (non-hydrogen) atoms. The molecule has 4 rings (SSSR count). The number of nitriles is 1. The number of rotatable bonds is 4. The molecule has 1 aliphatic heterocycles. The van der Waals surface area contributed by atoms with Gasteiger partial charge in [0, 0.05) is 42.1 Å². The highest BCUT2D eigenvalue weighted by molar-refractivity contribution is 6.31. The number of amides is 1. The Morgan fingerprint density at radius 3 is 2.52 bits per heavy atom. The number of H-pyrrole nitrogens is 1. The van der Waals surface area contributed by atoms with Gasteiger partial charge in [-0.15, -0.1) is 0 Å². The molecule has 1 atom stereocenters. The molecule has 0 aliphatic carbocycles. The first-order valence-corrected chi connectivity index (χ1v) is 9.82. The number of piperazine rings is 1. The quantitative estimate of drug-likeness (QED) is 0.711. The van der Waals surface area contributed by atoms with Crippen molar-refractivity contribution in [1.82, 2.24) is 14.8 Å². The lowest BCUT2D eigenvalue weighted by molar-refractivity contribution is 0.0601. The van der Waals surface area contributed by atoms with Crippen molar-refractivity contribution < 1.29 is 9.53 Å². The number of aromatic amines is 1. The molecule has 1 saturated heterocycles. The predicted octanol–water partition coefficient (Wildman–Crippen LogP) is 3.85. The van der Waals surface area contributed by atoms with Gasteiger partial charge in [-0.1, -0.05) is 29.8 Å². The molecular formula is C22H21ClN4O2. The van der Waals surface area contributed by atoms with Crippen LogP contribution < -0.4 is 4.74 Å². The number of aromatic nitrogens is 1. The molecule has 0 spiro atoms. The van der Waals surface area contributed by atoms with E-state index >= 15 is 0 Å². The average molecular weight is 409 g/mol. The normalized spacial score (nSPS) is 15.8. The largest absolute Gasteiger partial charge is 0.497 e. The maximum atomic E-state index is 12.9. The number of carbonyl (C=O) groups excluding carboxylic acids is 1. The third-order valence-electron chi connectivity index (χ3n) is 5.34. The number of ether oxygens (including phenoxy) is 1. The van der Waals surface area contributed by atoms with Gasteiger partial charge in [-0.05, 0) is 35.9 Å². The smallest absolute Gasteiger partial charge is 0.270 e. The number of halogens is 1. The SMILES string of the molecule is COc1ccc(C(C#N)N2CCN(C(=O)c3cc4ccc(Cl)cc4[nH]3)CC2)cc1. The lowest BCUT2D eigenvalue weighted by Gasteiger charge is -2.36. The van der Waals surface area contributed by atoms with Crippen LogP contribution in [0.5, 0.6) is 5.75 Å². The molecule has 1 N–H and O–H groups in total. The Labute approximate surface area is 174 Å². The van der Waals surface area contributed by atoms with Gasteiger partial charge >= 0.3 is 0 Å². The van der Waals surface area contributed by atoms with Crippen molar-refractivity contribution in [1.29, 1.82) is 5.26 Å². The number of nitrogens with zero attached hydrogens (tertiary/aromatic N) is 3. The van der Waals surface area contributed by atoms with Crippen LogP contribution >= 0.6 is 11.6 Å². The Morgan fingerprint density at radius 2 is 1.86 bits per heavy atom. The highest BCUT2D eigenvalue weighted by atomic mass is 35.5. The molecule has 1 aromatic heterocycles. The van der Waals surface area contributed by atoms with Gasteiger partial charge in [-0.3, -0.25) is 9.69 Å². The predicted molar refractivity (Wildman–Crippen MR) is 112 cm³/mol. The molecule has 2 aromatic carbocycles. The molecule has 0 radical (unpaired) electrons. The summed E-state index contributed by atoms with van der Waals surface area (Å²) in [6, 6.07) is 17.0. The summed E-state index contributed by atoms with van der Waals surface area (Å²) in [7, 11) is 1.62. The van der Waals surface area contributed by atoms with E-state index in [0.29, 0.717) is 36.9 Å². The van der Waals surface area contributed by atoms with E-state index in [1.165, 1.54) is 0 Å². The number of hydrogen-bond acceptors (Lipinski definition) is 4. The van der Waals surface area contributed by atoms with Gasteiger partial charge in [-0.2, -0.15) is 5.26 Å². The van der Waals surface area contributed by atoms with E-state index in [0.717, 1.165) is 22.2 Å². The zero-order valence-corrected chi connectivity index (χ0v) is 16.8. The summed E-state index contributed by atoms with van der Waals surface area (Å²) in [5.74, 6) is 0.732. The highest BCUT2D eigenvalue weighted by Gasteiger charge is 2.28. The summed E-state index contributed by atoms with van der Waals surface area (Å²) < 4.78 is 5.19. The van der Waals surface area contributed by atoms with Crippen LogP contribution in [0, 0.1) is 11.3 Å². The van der Waals surface area contributed by atoms with Crippen molar-refractivity contribution >= 4 is 28.4 Å². The van der Waals surface area contributed by atoms with Crippen LogP contribution in [0.1, 0.15) is 22.1 Å². The standard InChI is InChI=1S/C22H21ClN4O2/c1-29-18-6-3-15(4-7-18)21(14-24)26-8-10-27(11-9-26)22(28)20-12-16-2-5-17(23)13-19(16)25-20/h2-7,12-13,21,25H,8-11H2,1H3. The van der Waals surface area contributed by atoms with Gasteiger partial charge < -0.3 is 14.6 Å². The first-order valence-electron chi connectivity index (χ1n) is 9.44. The topological polar surface area (TPSA) is 72.4 Å². The molecule has 0 saturated carbocycles. The molecule has 6 nitrogen and oxygen atoms in total. The Kier molecular flexibility index (Phi) is 5.43. The number of methoxy groups -OCH3 is 1. The second-order valence-electron chi connectivity index (χ2n) is 7.05. The second-order valence-corrected chi connectivity index (χ2v) is 7.48. The van der Waals surface area contributed by atoms with Crippen LogP contribution in [0.15, 0.2) is 48.5 Å². The van der Waals surface area contributed by atoms with Crippen LogP contribution in [0.4, 0.5) is 0 Å². The maximum absolute atomic E-state index is 12.9. The summed E-state index contributed by atoms with van der Waals surface area (Å²) in [6.07, 6.45) is 0. The van der Waals surface area contributed by atoms with Gasteiger partial charge in [0.05, 0.1) is 13.2 Å². The van der Waals surface area contributed by atoms with E-state index in [-0.39, 0.29) is 11.9 Å². The number of hydrogen-bond donors (Lipinski definition) is 1. The number of fused-ring (bicyclic) bond motifs is 1. The van der Waals surface area contributed by atoms with E-state index in [1.807, 2.05) is 53.4 Å². The number of carbonyl (C=O) groups is 1. The van der Waals surface area contributed by atoms with E-state index in [1.54, 1.807) is 7.11 Å². The zero-order chi connectivity index (χ0) is 20.4. The van der Waals surface area contributed by atoms with Crippen molar-refractivity contribution in [3.63, 3.8) is 0 Å². The van der Waals surface area contributed by atoms with Crippen molar-refractivity contribution in [2.24, 2.45) is 0 Å². The minimum Gasteiger partial charge on any atom is -0.497 e. The Bertz CT molecular complexity index is 1060. The fourth-order valence-electron chi connectivity index (χ4n) is 3.72. The van der Waals surface area contributed by atoms with Crippen molar-refractivity contribution in [2.75, 3.05) is 33.3 Å². The first-order chi connectivity index (χ1) is 14.1. The molecule has 1 amide bonds. The molecule has 3 aromatic rings. The molecule has 1 fully saturated rings. The third kappa shape index (κ3) is 3.93. The molecule has 1 aliphatic rings. The van der Waals surface area contributed by atoms with Gasteiger partial charge in [0.1, 0.15) is 17.5 Å². The monoisotopic (exact) mass is 408 g/mol. The van der Waals surface area contributed by atoms with Crippen LogP contribution in [-0.2, 0) is 0 Å². The van der Waals surface area contributed by atoms with Crippen molar-refractivity contribution in [2.45, 2.75) is 6.04 Å². The number of benzene rings is 2. The first kappa shape index (κ1) is 19.3. The fourth-order valence-corrected chi connectivity index (χ4v) is 3.89. The lowest BCUT2D eigenvalue weighted by Crippen LogP contribution is -2.49. The molecule has 7 heteroatoms. The van der Waals surface area contributed by atoms with Crippen molar-refractivity contribution in [3.8, 4) is 11.8 Å². The molecule has 0 bridgehead atoms. The zero-order valence-electron chi connectivity index (χ0n) is 16.1. The average Bonchev–Trinajstić information content (AvgIpc) is 3.18. The van der Waals surface area contributed by atoms with Crippen LogP contribution in [0.25, 0.3) is 10.9 Å². The molecule has 2 heterocycles. The Hall–Kier alpha value is -3.01. The summed E-state index contributed by atoms with van der Waals surface area (Å²) in [6.45, 7) is 2.43. The molecular weight excluding hydrogens is 388 g/mol. The summed E-state index contributed by atoms with van der Waals surface area (Å²) >= 11 is 6.03. The van der Waals surface area contributed by atoms with Crippen molar-refractivity contribution in [3.05, 3.63) is 64.8 Å². The van der Waals surface area contributed by atoms with Gasteiger partial charge in [0.15, 0.2) is 0 Å². The number of nitrogens with one attached hydrogen (secondary N) is 1.